The number of benzene rings is 1. The fourth-order valence-electron chi connectivity index (χ4n) is 1.67. The van der Waals surface area contributed by atoms with Crippen LogP contribution in [0.4, 0.5) is 4.39 Å². The zero-order valence-corrected chi connectivity index (χ0v) is 13.0. The van der Waals surface area contributed by atoms with Crippen LogP contribution in [0.25, 0.3) is 0 Å². The summed E-state index contributed by atoms with van der Waals surface area (Å²) in [5.74, 6) is -1.12. The van der Waals surface area contributed by atoms with E-state index in [-0.39, 0.29) is 23.1 Å². The number of rotatable bonds is 4. The zero-order chi connectivity index (χ0) is 15.6. The number of carboxylic acid groups (broad SMARTS) is 1. The summed E-state index contributed by atoms with van der Waals surface area (Å²) in [6.07, 6.45) is 0. The third kappa shape index (κ3) is 3.78. The van der Waals surface area contributed by atoms with Gasteiger partial charge in [-0.25, -0.2) is 14.2 Å². The lowest BCUT2D eigenvalue weighted by atomic mass is 10.1. The number of hydrogen-bond acceptors (Lipinski definition) is 3. The Morgan fingerprint density at radius 1 is 1.33 bits per heavy atom. The predicted octanol–water partition coefficient (Wildman–Crippen LogP) is 4.60. The molecule has 1 heterocycles. The number of ether oxygens (including phenoxy) is 1. The minimum absolute atomic E-state index is 0.0441. The first-order chi connectivity index (χ1) is 9.86. The van der Waals surface area contributed by atoms with Gasteiger partial charge in [0.05, 0.1) is 10.0 Å². The molecule has 0 unspecified atom stereocenters. The summed E-state index contributed by atoms with van der Waals surface area (Å²) in [6.45, 7) is 3.80. The first-order valence-electron chi connectivity index (χ1n) is 6.25. The molecular formula is C15H13BrFNO3. The van der Waals surface area contributed by atoms with Gasteiger partial charge in [0.25, 0.3) is 0 Å². The second kappa shape index (κ2) is 6.22. The number of carbonyl (C=O) groups is 1. The van der Waals surface area contributed by atoms with Gasteiger partial charge in [-0.3, -0.25) is 0 Å². The standard InChI is InChI=1S/C15H13BrFNO3/c1-8(2)12-5-9(15(19)20)6-14(18-12)21-13-7-10(17)3-4-11(13)16/h3-8H,1-2H3,(H,19,20). The summed E-state index contributed by atoms with van der Waals surface area (Å²) in [7, 11) is 0. The monoisotopic (exact) mass is 353 g/mol. The molecule has 1 aromatic carbocycles. The lowest BCUT2D eigenvalue weighted by Gasteiger charge is -2.11. The maximum atomic E-state index is 13.2. The van der Waals surface area contributed by atoms with E-state index in [1.165, 1.54) is 30.3 Å². The molecule has 0 aliphatic carbocycles. The summed E-state index contributed by atoms with van der Waals surface area (Å²) >= 11 is 3.25. The molecule has 0 saturated carbocycles. The second-order valence-corrected chi connectivity index (χ2v) is 5.61. The van der Waals surface area contributed by atoms with E-state index >= 15 is 0 Å². The summed E-state index contributed by atoms with van der Waals surface area (Å²) < 4.78 is 19.3. The van der Waals surface area contributed by atoms with Gasteiger partial charge in [0.15, 0.2) is 0 Å². The van der Waals surface area contributed by atoms with E-state index in [0.717, 1.165) is 0 Å². The van der Waals surface area contributed by atoms with Crippen molar-refractivity contribution in [3.63, 3.8) is 0 Å². The molecule has 0 aliphatic rings. The highest BCUT2D eigenvalue weighted by Crippen LogP contribution is 2.30. The quantitative estimate of drug-likeness (QED) is 0.872. The van der Waals surface area contributed by atoms with Crippen LogP contribution in [0.15, 0.2) is 34.8 Å². The van der Waals surface area contributed by atoms with E-state index in [0.29, 0.717) is 10.2 Å². The Kier molecular flexibility index (Phi) is 4.57. The number of aromatic carboxylic acids is 1. The van der Waals surface area contributed by atoms with Crippen LogP contribution in [0.5, 0.6) is 11.6 Å². The molecule has 0 amide bonds. The smallest absolute Gasteiger partial charge is 0.335 e. The number of nitrogens with zero attached hydrogens (tertiary/aromatic N) is 1. The van der Waals surface area contributed by atoms with Crippen molar-refractivity contribution in [1.82, 2.24) is 4.98 Å². The molecular weight excluding hydrogens is 341 g/mol. The molecule has 21 heavy (non-hydrogen) atoms. The first kappa shape index (κ1) is 15.4. The Morgan fingerprint density at radius 2 is 2.05 bits per heavy atom. The lowest BCUT2D eigenvalue weighted by Crippen LogP contribution is -2.03. The van der Waals surface area contributed by atoms with Gasteiger partial charge in [0.2, 0.25) is 5.88 Å². The Labute approximate surface area is 129 Å². The van der Waals surface area contributed by atoms with Crippen molar-refractivity contribution in [2.24, 2.45) is 0 Å². The second-order valence-electron chi connectivity index (χ2n) is 4.76. The fraction of sp³-hybridized carbons (Fsp3) is 0.200. The number of pyridine rings is 1. The van der Waals surface area contributed by atoms with Gasteiger partial charge >= 0.3 is 5.97 Å². The van der Waals surface area contributed by atoms with Gasteiger partial charge in [-0.05, 0) is 40.0 Å². The van der Waals surface area contributed by atoms with Crippen molar-refractivity contribution in [2.45, 2.75) is 19.8 Å². The molecule has 4 nitrogen and oxygen atoms in total. The van der Waals surface area contributed by atoms with Gasteiger partial charge in [-0.2, -0.15) is 0 Å². The minimum atomic E-state index is -1.07. The summed E-state index contributed by atoms with van der Waals surface area (Å²) in [5.41, 5.74) is 0.675. The topological polar surface area (TPSA) is 59.4 Å². The maximum absolute atomic E-state index is 13.2. The van der Waals surface area contributed by atoms with E-state index in [4.69, 9.17) is 9.84 Å². The molecule has 6 heteroatoms. The van der Waals surface area contributed by atoms with E-state index in [2.05, 4.69) is 20.9 Å². The van der Waals surface area contributed by atoms with Crippen molar-refractivity contribution in [1.29, 1.82) is 0 Å². The number of halogens is 2. The van der Waals surface area contributed by atoms with Gasteiger partial charge in [-0.15, -0.1) is 0 Å². The third-order valence-electron chi connectivity index (χ3n) is 2.77. The van der Waals surface area contributed by atoms with Crippen LogP contribution in [0.1, 0.15) is 35.8 Å². The lowest BCUT2D eigenvalue weighted by molar-refractivity contribution is 0.0696. The highest BCUT2D eigenvalue weighted by Gasteiger charge is 2.13. The van der Waals surface area contributed by atoms with E-state index in [9.17, 15) is 9.18 Å². The SMILES string of the molecule is CC(C)c1cc(C(=O)O)cc(Oc2cc(F)ccc2Br)n1. The fourth-order valence-corrected chi connectivity index (χ4v) is 1.99. The van der Waals surface area contributed by atoms with Crippen LogP contribution in [0.2, 0.25) is 0 Å². The molecule has 2 aromatic rings. The van der Waals surface area contributed by atoms with E-state index in [1.807, 2.05) is 13.8 Å². The van der Waals surface area contributed by atoms with Gasteiger partial charge < -0.3 is 9.84 Å². The summed E-state index contributed by atoms with van der Waals surface area (Å²) in [4.78, 5) is 15.4. The highest BCUT2D eigenvalue weighted by molar-refractivity contribution is 9.10. The molecule has 0 fully saturated rings. The molecule has 0 atom stereocenters. The van der Waals surface area contributed by atoms with Crippen LogP contribution >= 0.6 is 15.9 Å². The Hall–Kier alpha value is -1.95. The molecule has 0 bridgehead atoms. The molecule has 0 radical (unpaired) electrons. The highest BCUT2D eigenvalue weighted by atomic mass is 79.9. The molecule has 1 N–H and O–H groups in total. The largest absolute Gasteiger partial charge is 0.478 e. The summed E-state index contributed by atoms with van der Waals surface area (Å²) in [5, 5.41) is 9.13. The molecule has 1 aromatic heterocycles. The van der Waals surface area contributed by atoms with Crippen molar-refractivity contribution in [2.75, 3.05) is 0 Å². The predicted molar refractivity (Wildman–Crippen MR) is 79.5 cm³/mol. The molecule has 0 saturated heterocycles. The minimum Gasteiger partial charge on any atom is -0.478 e. The molecule has 2 rings (SSSR count). The average Bonchev–Trinajstić information content (AvgIpc) is 2.42. The van der Waals surface area contributed by atoms with Crippen molar-refractivity contribution in [3.8, 4) is 11.6 Å². The van der Waals surface area contributed by atoms with Gasteiger partial charge in [0, 0.05) is 17.8 Å². The van der Waals surface area contributed by atoms with Gasteiger partial charge in [-0.1, -0.05) is 13.8 Å². The number of hydrogen-bond donors (Lipinski definition) is 1. The Bertz CT molecular complexity index is 689. The number of aromatic nitrogens is 1. The average molecular weight is 354 g/mol. The third-order valence-corrected chi connectivity index (χ3v) is 3.42. The van der Waals surface area contributed by atoms with Crippen LogP contribution in [0.3, 0.4) is 0 Å². The Morgan fingerprint density at radius 3 is 2.67 bits per heavy atom. The molecule has 0 aliphatic heterocycles. The maximum Gasteiger partial charge on any atom is 0.335 e. The summed E-state index contributed by atoms with van der Waals surface area (Å²) in [6, 6.07) is 6.81. The first-order valence-corrected chi connectivity index (χ1v) is 7.04. The van der Waals surface area contributed by atoms with Crippen LogP contribution in [-0.4, -0.2) is 16.1 Å². The van der Waals surface area contributed by atoms with Crippen molar-refractivity contribution >= 4 is 21.9 Å². The van der Waals surface area contributed by atoms with E-state index < -0.39 is 11.8 Å². The normalized spacial score (nSPS) is 10.7. The Balaban J connectivity index is 2.43. The zero-order valence-electron chi connectivity index (χ0n) is 11.4. The molecule has 110 valence electrons. The van der Waals surface area contributed by atoms with Crippen LogP contribution < -0.4 is 4.74 Å². The van der Waals surface area contributed by atoms with Gasteiger partial charge in [0.1, 0.15) is 11.6 Å². The van der Waals surface area contributed by atoms with Crippen molar-refractivity contribution in [3.05, 3.63) is 51.9 Å². The van der Waals surface area contributed by atoms with E-state index in [1.54, 1.807) is 0 Å². The number of carboxylic acids is 1. The van der Waals surface area contributed by atoms with Crippen LogP contribution in [-0.2, 0) is 0 Å². The molecule has 0 spiro atoms. The van der Waals surface area contributed by atoms with Crippen molar-refractivity contribution < 1.29 is 19.0 Å². The van der Waals surface area contributed by atoms with Crippen LogP contribution in [0, 0.1) is 5.82 Å².